The maximum absolute atomic E-state index is 12.1. The lowest BCUT2D eigenvalue weighted by Gasteiger charge is -2.07. The van der Waals surface area contributed by atoms with Crippen molar-refractivity contribution in [1.29, 1.82) is 0 Å². The van der Waals surface area contributed by atoms with Gasteiger partial charge in [-0.1, -0.05) is 29.3 Å². The van der Waals surface area contributed by atoms with Crippen molar-refractivity contribution in [3.8, 4) is 0 Å². The summed E-state index contributed by atoms with van der Waals surface area (Å²) >= 11 is 15.0. The molecule has 0 spiro atoms. The summed E-state index contributed by atoms with van der Waals surface area (Å²) in [6, 6.07) is 5.13. The SMILES string of the molecule is CSCCC(N)c1nc(C(=O)NCc2ccc(Cl)c(Cl)c2)cs1. The van der Waals surface area contributed by atoms with Crippen LogP contribution in [0.3, 0.4) is 0 Å². The van der Waals surface area contributed by atoms with Gasteiger partial charge < -0.3 is 11.1 Å². The first-order valence-electron chi connectivity index (χ1n) is 6.93. The summed E-state index contributed by atoms with van der Waals surface area (Å²) < 4.78 is 0. The van der Waals surface area contributed by atoms with E-state index in [-0.39, 0.29) is 11.9 Å². The molecule has 124 valence electrons. The van der Waals surface area contributed by atoms with Crippen molar-refractivity contribution in [3.05, 3.63) is 49.9 Å². The van der Waals surface area contributed by atoms with Gasteiger partial charge in [0.25, 0.3) is 5.91 Å². The van der Waals surface area contributed by atoms with Crippen LogP contribution < -0.4 is 11.1 Å². The van der Waals surface area contributed by atoms with E-state index < -0.39 is 0 Å². The van der Waals surface area contributed by atoms with Crippen LogP contribution in [0.2, 0.25) is 10.0 Å². The first-order valence-corrected chi connectivity index (χ1v) is 9.96. The molecule has 0 aliphatic heterocycles. The molecular weight excluding hydrogens is 373 g/mol. The summed E-state index contributed by atoms with van der Waals surface area (Å²) in [5.74, 6) is 0.746. The molecule has 1 amide bonds. The highest BCUT2D eigenvalue weighted by atomic mass is 35.5. The molecule has 2 rings (SSSR count). The molecule has 1 atom stereocenters. The second-order valence-corrected chi connectivity index (χ2v) is 7.58. The minimum absolute atomic E-state index is 0.121. The molecule has 1 aromatic carbocycles. The van der Waals surface area contributed by atoms with E-state index in [1.165, 1.54) is 11.3 Å². The third kappa shape index (κ3) is 5.36. The molecule has 1 heterocycles. The molecule has 23 heavy (non-hydrogen) atoms. The predicted octanol–water partition coefficient (Wildman–Crippen LogP) is 4.13. The fraction of sp³-hybridized carbons (Fsp3) is 0.333. The lowest BCUT2D eigenvalue weighted by atomic mass is 10.2. The lowest BCUT2D eigenvalue weighted by molar-refractivity contribution is 0.0946. The minimum Gasteiger partial charge on any atom is -0.347 e. The van der Waals surface area contributed by atoms with E-state index >= 15 is 0 Å². The Morgan fingerprint density at radius 2 is 2.22 bits per heavy atom. The quantitative estimate of drug-likeness (QED) is 0.746. The molecule has 0 aliphatic rings. The number of amides is 1. The zero-order chi connectivity index (χ0) is 16.8. The van der Waals surface area contributed by atoms with Crippen molar-refractivity contribution >= 4 is 52.2 Å². The molecule has 1 unspecified atom stereocenters. The van der Waals surface area contributed by atoms with Gasteiger partial charge in [-0.15, -0.1) is 11.3 Å². The third-order valence-corrected chi connectivity index (χ3v) is 5.50. The van der Waals surface area contributed by atoms with Crippen molar-refractivity contribution in [1.82, 2.24) is 10.3 Å². The second kappa shape index (κ2) is 8.89. The number of nitrogens with two attached hydrogens (primary N) is 1. The Bertz CT molecular complexity index is 678. The smallest absolute Gasteiger partial charge is 0.271 e. The topological polar surface area (TPSA) is 68.0 Å². The zero-order valence-corrected chi connectivity index (χ0v) is 15.7. The predicted molar refractivity (Wildman–Crippen MR) is 99.7 cm³/mol. The van der Waals surface area contributed by atoms with Crippen LogP contribution in [0.1, 0.15) is 33.5 Å². The third-order valence-electron chi connectivity index (χ3n) is 3.14. The number of thiazole rings is 1. The summed E-state index contributed by atoms with van der Waals surface area (Å²) in [6.45, 7) is 0.362. The number of nitrogens with zero attached hydrogens (tertiary/aromatic N) is 1. The van der Waals surface area contributed by atoms with Gasteiger partial charge in [0.2, 0.25) is 0 Å². The van der Waals surface area contributed by atoms with Crippen LogP contribution in [0.15, 0.2) is 23.6 Å². The highest BCUT2D eigenvalue weighted by Crippen LogP contribution is 2.23. The van der Waals surface area contributed by atoms with Crippen molar-refractivity contribution in [2.24, 2.45) is 5.73 Å². The highest BCUT2D eigenvalue weighted by Gasteiger charge is 2.15. The maximum Gasteiger partial charge on any atom is 0.271 e. The van der Waals surface area contributed by atoms with Gasteiger partial charge in [-0.05, 0) is 36.1 Å². The first kappa shape index (κ1) is 18.5. The summed E-state index contributed by atoms with van der Waals surface area (Å²) in [4.78, 5) is 16.5. The van der Waals surface area contributed by atoms with Crippen LogP contribution in [-0.2, 0) is 6.54 Å². The molecular formula is C15H17Cl2N3OS2. The molecule has 0 radical (unpaired) electrons. The van der Waals surface area contributed by atoms with Gasteiger partial charge in [-0.3, -0.25) is 4.79 Å². The summed E-state index contributed by atoms with van der Waals surface area (Å²) in [7, 11) is 0. The van der Waals surface area contributed by atoms with E-state index in [1.807, 2.05) is 12.3 Å². The van der Waals surface area contributed by atoms with Gasteiger partial charge in [-0.25, -0.2) is 4.98 Å². The number of benzene rings is 1. The maximum atomic E-state index is 12.1. The van der Waals surface area contributed by atoms with E-state index in [1.54, 1.807) is 29.3 Å². The zero-order valence-electron chi connectivity index (χ0n) is 12.5. The fourth-order valence-electron chi connectivity index (χ4n) is 1.85. The number of hydrogen-bond acceptors (Lipinski definition) is 5. The van der Waals surface area contributed by atoms with Crippen molar-refractivity contribution < 1.29 is 4.79 Å². The number of rotatable bonds is 7. The molecule has 0 aliphatic carbocycles. The Morgan fingerprint density at radius 3 is 2.91 bits per heavy atom. The average Bonchev–Trinajstić information content (AvgIpc) is 3.03. The number of halogens is 2. The Labute approximate surface area is 153 Å². The van der Waals surface area contributed by atoms with Crippen LogP contribution in [0, 0.1) is 0 Å². The van der Waals surface area contributed by atoms with E-state index in [9.17, 15) is 4.79 Å². The standard InChI is InChI=1S/C15H17Cl2N3OS2/c1-22-5-4-12(18)15-20-13(8-23-15)14(21)19-7-9-2-3-10(16)11(17)6-9/h2-3,6,8,12H,4-5,7,18H2,1H3,(H,19,21). The monoisotopic (exact) mass is 389 g/mol. The fourth-order valence-corrected chi connectivity index (χ4v) is 3.50. The number of nitrogens with one attached hydrogen (secondary N) is 1. The number of thioether (sulfide) groups is 1. The Hall–Kier alpha value is -0.790. The van der Waals surface area contributed by atoms with E-state index in [0.717, 1.165) is 22.7 Å². The number of hydrogen-bond donors (Lipinski definition) is 2. The van der Waals surface area contributed by atoms with E-state index in [4.69, 9.17) is 28.9 Å². The molecule has 0 fully saturated rings. The molecule has 1 aromatic heterocycles. The Balaban J connectivity index is 1.93. The van der Waals surface area contributed by atoms with Gasteiger partial charge in [0.1, 0.15) is 10.7 Å². The van der Waals surface area contributed by atoms with Crippen LogP contribution >= 0.6 is 46.3 Å². The molecule has 3 N–H and O–H groups in total. The van der Waals surface area contributed by atoms with Crippen LogP contribution in [0.25, 0.3) is 0 Å². The van der Waals surface area contributed by atoms with Gasteiger partial charge in [0, 0.05) is 11.9 Å². The molecule has 0 bridgehead atoms. The van der Waals surface area contributed by atoms with E-state index in [0.29, 0.717) is 22.3 Å². The molecule has 0 saturated carbocycles. The van der Waals surface area contributed by atoms with Crippen molar-refractivity contribution in [3.63, 3.8) is 0 Å². The molecule has 8 heteroatoms. The van der Waals surface area contributed by atoms with Gasteiger partial charge in [-0.2, -0.15) is 11.8 Å². The Morgan fingerprint density at radius 1 is 1.43 bits per heavy atom. The highest BCUT2D eigenvalue weighted by molar-refractivity contribution is 7.98. The van der Waals surface area contributed by atoms with Crippen LogP contribution in [0.4, 0.5) is 0 Å². The molecule has 2 aromatic rings. The van der Waals surface area contributed by atoms with Crippen molar-refractivity contribution in [2.45, 2.75) is 19.0 Å². The van der Waals surface area contributed by atoms with Gasteiger partial charge in [0.15, 0.2) is 0 Å². The van der Waals surface area contributed by atoms with E-state index in [2.05, 4.69) is 10.3 Å². The summed E-state index contributed by atoms with van der Waals surface area (Å²) in [5, 5.41) is 6.30. The average molecular weight is 390 g/mol. The Kier molecular flexibility index (Phi) is 7.17. The summed E-state index contributed by atoms with van der Waals surface area (Å²) in [5.41, 5.74) is 7.33. The number of aromatic nitrogens is 1. The number of carbonyl (C=O) groups excluding carboxylic acids is 1. The normalized spacial score (nSPS) is 12.2. The van der Waals surface area contributed by atoms with Crippen LogP contribution in [-0.4, -0.2) is 22.9 Å². The molecule has 0 saturated heterocycles. The van der Waals surface area contributed by atoms with Crippen LogP contribution in [0.5, 0.6) is 0 Å². The molecule has 4 nitrogen and oxygen atoms in total. The summed E-state index contributed by atoms with van der Waals surface area (Å²) in [6.07, 6.45) is 2.88. The second-order valence-electron chi connectivity index (χ2n) is 4.89. The minimum atomic E-state index is -0.226. The number of carbonyl (C=O) groups is 1. The lowest BCUT2D eigenvalue weighted by Crippen LogP contribution is -2.23. The van der Waals surface area contributed by atoms with Crippen molar-refractivity contribution in [2.75, 3.05) is 12.0 Å². The van der Waals surface area contributed by atoms with Gasteiger partial charge in [0.05, 0.1) is 16.1 Å². The first-order chi connectivity index (χ1) is 11.0. The largest absolute Gasteiger partial charge is 0.347 e. The van der Waals surface area contributed by atoms with Gasteiger partial charge >= 0.3 is 0 Å².